The van der Waals surface area contributed by atoms with Crippen molar-refractivity contribution in [2.24, 2.45) is 0 Å². The quantitative estimate of drug-likeness (QED) is 0.616. The van der Waals surface area contributed by atoms with Crippen molar-refractivity contribution in [1.82, 2.24) is 5.06 Å². The number of unbranched alkanes of at least 4 members (excludes halogenated alkanes) is 1. The van der Waals surface area contributed by atoms with Crippen LogP contribution in [0.4, 0.5) is 0 Å². The first-order valence-electron chi connectivity index (χ1n) is 8.36. The van der Waals surface area contributed by atoms with Gasteiger partial charge < -0.3 is 0 Å². The molecule has 116 valence electrons. The van der Waals surface area contributed by atoms with Gasteiger partial charge in [-0.3, -0.25) is 4.84 Å². The first kappa shape index (κ1) is 16.3. The van der Waals surface area contributed by atoms with Gasteiger partial charge in [0.2, 0.25) is 0 Å². The van der Waals surface area contributed by atoms with Crippen LogP contribution >= 0.6 is 0 Å². The number of piperidine rings is 1. The number of rotatable bonds is 8. The van der Waals surface area contributed by atoms with Crippen molar-refractivity contribution in [2.75, 3.05) is 6.54 Å². The summed E-state index contributed by atoms with van der Waals surface area (Å²) in [6.45, 7) is 7.96. The molecule has 1 aliphatic rings. The van der Waals surface area contributed by atoms with E-state index >= 15 is 0 Å². The van der Waals surface area contributed by atoms with Crippen molar-refractivity contribution in [3.63, 3.8) is 0 Å². The van der Waals surface area contributed by atoms with Gasteiger partial charge in [0.15, 0.2) is 0 Å². The van der Waals surface area contributed by atoms with Gasteiger partial charge in [0, 0.05) is 12.1 Å². The number of hydroxylamine groups is 2. The average molecular weight is 287 g/mol. The van der Waals surface area contributed by atoms with Crippen molar-refractivity contribution in [3.05, 3.63) is 48.6 Å². The molecular weight excluding hydrogens is 258 g/mol. The largest absolute Gasteiger partial charge is 0.294 e. The Morgan fingerprint density at radius 2 is 2.10 bits per heavy atom. The fraction of sp³-hybridized carbons (Fsp3) is 0.579. The molecule has 21 heavy (non-hydrogen) atoms. The highest BCUT2D eigenvalue weighted by Gasteiger charge is 2.38. The lowest BCUT2D eigenvalue weighted by Crippen LogP contribution is -2.51. The summed E-state index contributed by atoms with van der Waals surface area (Å²) in [5, 5.41) is 2.28. The van der Waals surface area contributed by atoms with Gasteiger partial charge in [-0.2, -0.15) is 5.06 Å². The maximum absolute atomic E-state index is 6.22. The lowest BCUT2D eigenvalue weighted by Gasteiger charge is -2.46. The minimum atomic E-state index is 0.171. The molecule has 1 saturated heterocycles. The van der Waals surface area contributed by atoms with Crippen LogP contribution in [0.2, 0.25) is 0 Å². The summed E-state index contributed by atoms with van der Waals surface area (Å²) in [4.78, 5) is 6.22. The smallest absolute Gasteiger partial charge is 0.0936 e. The third kappa shape index (κ3) is 4.42. The summed E-state index contributed by atoms with van der Waals surface area (Å²) in [6.07, 6.45) is 10.6. The fourth-order valence-corrected chi connectivity index (χ4v) is 3.33. The molecule has 0 bridgehead atoms. The lowest BCUT2D eigenvalue weighted by atomic mass is 9.81. The van der Waals surface area contributed by atoms with Gasteiger partial charge in [-0.15, -0.1) is 6.58 Å². The highest BCUT2D eigenvalue weighted by atomic mass is 16.7. The second kappa shape index (κ2) is 8.35. The van der Waals surface area contributed by atoms with Gasteiger partial charge in [-0.05, 0) is 31.2 Å². The van der Waals surface area contributed by atoms with E-state index < -0.39 is 0 Å². The summed E-state index contributed by atoms with van der Waals surface area (Å²) in [5.41, 5.74) is 1.41. The molecule has 0 N–H and O–H groups in total. The Balaban J connectivity index is 2.03. The predicted octanol–water partition coefficient (Wildman–Crippen LogP) is 5.11. The van der Waals surface area contributed by atoms with Crippen molar-refractivity contribution in [1.29, 1.82) is 0 Å². The van der Waals surface area contributed by atoms with Crippen LogP contribution in [0.3, 0.4) is 0 Å². The molecule has 2 heteroatoms. The highest BCUT2D eigenvalue weighted by molar-refractivity contribution is 5.13. The van der Waals surface area contributed by atoms with E-state index in [2.05, 4.69) is 48.9 Å². The highest BCUT2D eigenvalue weighted by Crippen LogP contribution is 2.36. The molecule has 1 aliphatic heterocycles. The maximum Gasteiger partial charge on any atom is 0.0936 e. The molecule has 0 aromatic heterocycles. The second-order valence-corrected chi connectivity index (χ2v) is 6.14. The topological polar surface area (TPSA) is 12.5 Å². The predicted molar refractivity (Wildman–Crippen MR) is 88.9 cm³/mol. The zero-order chi connectivity index (χ0) is 15.0. The van der Waals surface area contributed by atoms with Gasteiger partial charge >= 0.3 is 0 Å². The van der Waals surface area contributed by atoms with Crippen LogP contribution in [0.25, 0.3) is 0 Å². The zero-order valence-electron chi connectivity index (χ0n) is 13.4. The molecule has 0 radical (unpaired) electrons. The van der Waals surface area contributed by atoms with Crippen molar-refractivity contribution in [2.45, 2.75) is 64.0 Å². The van der Waals surface area contributed by atoms with Gasteiger partial charge in [0.05, 0.1) is 6.61 Å². The summed E-state index contributed by atoms with van der Waals surface area (Å²) >= 11 is 0. The third-order valence-electron chi connectivity index (χ3n) is 4.53. The van der Waals surface area contributed by atoms with Gasteiger partial charge in [0.25, 0.3) is 0 Å². The molecule has 1 heterocycles. The molecule has 0 spiro atoms. The number of hydrogen-bond acceptors (Lipinski definition) is 2. The Morgan fingerprint density at radius 3 is 2.81 bits per heavy atom. The van der Waals surface area contributed by atoms with E-state index in [1.165, 1.54) is 44.1 Å². The minimum Gasteiger partial charge on any atom is -0.294 e. The molecule has 1 aromatic rings. The van der Waals surface area contributed by atoms with E-state index in [1.54, 1.807) is 0 Å². The van der Waals surface area contributed by atoms with E-state index in [-0.39, 0.29) is 5.54 Å². The van der Waals surface area contributed by atoms with Crippen LogP contribution in [0.5, 0.6) is 0 Å². The van der Waals surface area contributed by atoms with E-state index in [4.69, 9.17) is 4.84 Å². The summed E-state index contributed by atoms with van der Waals surface area (Å²) in [5.74, 6) is 0. The van der Waals surface area contributed by atoms with Crippen LogP contribution in [0.15, 0.2) is 43.0 Å². The van der Waals surface area contributed by atoms with E-state index in [1.807, 2.05) is 6.07 Å². The number of nitrogens with zero attached hydrogens (tertiary/aromatic N) is 1. The number of hydrogen-bond donors (Lipinski definition) is 0. The van der Waals surface area contributed by atoms with E-state index in [9.17, 15) is 0 Å². The Kier molecular flexibility index (Phi) is 6.47. The molecule has 0 amide bonds. The van der Waals surface area contributed by atoms with Gasteiger partial charge in [-0.1, -0.05) is 62.6 Å². The van der Waals surface area contributed by atoms with E-state index in [0.717, 1.165) is 13.0 Å². The van der Waals surface area contributed by atoms with Crippen molar-refractivity contribution < 1.29 is 4.84 Å². The van der Waals surface area contributed by atoms with Crippen molar-refractivity contribution in [3.8, 4) is 0 Å². The van der Waals surface area contributed by atoms with Gasteiger partial charge in [-0.25, -0.2) is 0 Å². The molecule has 0 saturated carbocycles. The zero-order valence-corrected chi connectivity index (χ0v) is 13.4. The Labute approximate surface area is 129 Å². The molecule has 0 aliphatic carbocycles. The third-order valence-corrected chi connectivity index (χ3v) is 4.53. The standard InChI is InChI=1S/C19H29NO/c1-3-5-14-19(13-4-2)15-9-10-16-20(19)21-17-18-11-7-6-8-12-18/h4,6-8,11-12H,2-3,5,9-10,13-17H2,1H3/t19-/m1/s1. The summed E-state index contributed by atoms with van der Waals surface area (Å²) < 4.78 is 0. The number of benzene rings is 1. The first-order chi connectivity index (χ1) is 10.3. The van der Waals surface area contributed by atoms with Crippen LogP contribution in [-0.4, -0.2) is 17.1 Å². The Morgan fingerprint density at radius 1 is 1.29 bits per heavy atom. The molecule has 1 aromatic carbocycles. The molecule has 1 fully saturated rings. The molecule has 0 unspecified atom stereocenters. The molecule has 2 nitrogen and oxygen atoms in total. The monoisotopic (exact) mass is 287 g/mol. The van der Waals surface area contributed by atoms with Crippen molar-refractivity contribution >= 4 is 0 Å². The second-order valence-electron chi connectivity index (χ2n) is 6.14. The van der Waals surface area contributed by atoms with Crippen LogP contribution in [0.1, 0.15) is 57.4 Å². The maximum atomic E-state index is 6.22. The minimum absolute atomic E-state index is 0.171. The fourth-order valence-electron chi connectivity index (χ4n) is 3.33. The average Bonchev–Trinajstić information content (AvgIpc) is 2.53. The molecular formula is C19H29NO. The van der Waals surface area contributed by atoms with Crippen LogP contribution in [0, 0.1) is 0 Å². The molecule has 2 rings (SSSR count). The summed E-state index contributed by atoms with van der Waals surface area (Å²) in [6, 6.07) is 10.5. The Hall–Kier alpha value is -1.12. The van der Waals surface area contributed by atoms with E-state index in [0.29, 0.717) is 6.61 Å². The normalized spacial score (nSPS) is 23.1. The summed E-state index contributed by atoms with van der Waals surface area (Å²) in [7, 11) is 0. The first-order valence-corrected chi connectivity index (χ1v) is 8.36. The lowest BCUT2D eigenvalue weighted by molar-refractivity contribution is -0.247. The SMILES string of the molecule is C=CC[C@@]1(CCCC)CCCCN1OCc1ccccc1. The van der Waals surface area contributed by atoms with Crippen LogP contribution in [-0.2, 0) is 11.4 Å². The van der Waals surface area contributed by atoms with Gasteiger partial charge in [0.1, 0.15) is 0 Å². The van der Waals surface area contributed by atoms with Crippen LogP contribution < -0.4 is 0 Å². The molecule has 1 atom stereocenters. The Bertz CT molecular complexity index is 417.